The topological polar surface area (TPSA) is 78.9 Å². The van der Waals surface area contributed by atoms with Crippen LogP contribution in [0.4, 0.5) is 0 Å². The van der Waals surface area contributed by atoms with E-state index in [1.165, 1.54) is 308 Å². The molecule has 0 saturated carbocycles. The van der Waals surface area contributed by atoms with Gasteiger partial charge in [-0.25, -0.2) is 0 Å². The fourth-order valence-corrected chi connectivity index (χ4v) is 11.1. The molecule has 0 aromatic carbocycles. The Bertz CT molecular complexity index is 1140. The fraction of sp³-hybridized carbons (Fsp3) is 0.957. The number of unbranched alkanes of at least 4 members (excludes halogenated alkanes) is 55. The lowest BCUT2D eigenvalue weighted by molar-refractivity contribution is -0.167. The smallest absolute Gasteiger partial charge is 0.306 e. The van der Waals surface area contributed by atoms with Gasteiger partial charge in [0.1, 0.15) is 13.2 Å². The van der Waals surface area contributed by atoms with Crippen LogP contribution in [0.2, 0.25) is 0 Å². The van der Waals surface area contributed by atoms with Crippen molar-refractivity contribution < 1.29 is 28.6 Å². The van der Waals surface area contributed by atoms with Gasteiger partial charge < -0.3 is 14.2 Å². The standard InChI is InChI=1S/C70H136O6/c1-4-7-10-13-15-17-19-21-23-25-27-28-29-30-31-32-33-34-35-36-37-38-39-40-41-43-44-46-48-50-52-54-57-60-63-69(72)75-66-67(65-74-68(71)62-59-56-12-9-6-3)76-70(73)64-61-58-55-53-51-49-47-45-42-26-24-22-20-18-16-14-11-8-5-2/h67H,4-66H2,1-3H3. The van der Waals surface area contributed by atoms with Gasteiger partial charge in [0.2, 0.25) is 0 Å². The Morgan fingerprint density at radius 1 is 0.211 bits per heavy atom. The summed E-state index contributed by atoms with van der Waals surface area (Å²) < 4.78 is 16.8. The first-order valence-electron chi connectivity index (χ1n) is 35.0. The summed E-state index contributed by atoms with van der Waals surface area (Å²) in [6, 6.07) is 0. The summed E-state index contributed by atoms with van der Waals surface area (Å²) in [6.07, 6.45) is 77.8. The van der Waals surface area contributed by atoms with Crippen LogP contribution in [0, 0.1) is 0 Å². The highest BCUT2D eigenvalue weighted by atomic mass is 16.6. The number of carbonyl (C=O) groups is 3. The van der Waals surface area contributed by atoms with Gasteiger partial charge in [-0.1, -0.05) is 374 Å². The number of hydrogen-bond donors (Lipinski definition) is 0. The van der Waals surface area contributed by atoms with Gasteiger partial charge >= 0.3 is 17.9 Å². The first kappa shape index (κ1) is 74.4. The molecule has 0 radical (unpaired) electrons. The van der Waals surface area contributed by atoms with Crippen molar-refractivity contribution in [3.8, 4) is 0 Å². The van der Waals surface area contributed by atoms with E-state index in [1.54, 1.807) is 0 Å². The van der Waals surface area contributed by atoms with Crippen molar-refractivity contribution >= 4 is 17.9 Å². The number of ether oxygens (including phenoxy) is 3. The molecule has 0 fully saturated rings. The predicted octanol–water partition coefficient (Wildman–Crippen LogP) is 23.8. The van der Waals surface area contributed by atoms with Gasteiger partial charge in [0.15, 0.2) is 6.10 Å². The maximum Gasteiger partial charge on any atom is 0.306 e. The molecular formula is C70H136O6. The van der Waals surface area contributed by atoms with Crippen LogP contribution in [0.15, 0.2) is 0 Å². The van der Waals surface area contributed by atoms with Crippen LogP contribution in [0.5, 0.6) is 0 Å². The molecule has 0 aliphatic heterocycles. The summed E-state index contributed by atoms with van der Waals surface area (Å²) >= 11 is 0. The van der Waals surface area contributed by atoms with Crippen molar-refractivity contribution in [2.45, 2.75) is 419 Å². The van der Waals surface area contributed by atoms with E-state index in [0.717, 1.165) is 64.2 Å². The number of esters is 3. The lowest BCUT2D eigenvalue weighted by Gasteiger charge is -2.18. The highest BCUT2D eigenvalue weighted by Crippen LogP contribution is 2.19. The Kier molecular flexibility index (Phi) is 64.5. The van der Waals surface area contributed by atoms with Crippen LogP contribution in [-0.4, -0.2) is 37.2 Å². The van der Waals surface area contributed by atoms with Crippen LogP contribution in [0.3, 0.4) is 0 Å². The predicted molar refractivity (Wildman–Crippen MR) is 330 cm³/mol. The van der Waals surface area contributed by atoms with E-state index in [2.05, 4.69) is 20.8 Å². The molecule has 76 heavy (non-hydrogen) atoms. The monoisotopic (exact) mass is 1070 g/mol. The quantitative estimate of drug-likeness (QED) is 0.0343. The minimum Gasteiger partial charge on any atom is -0.462 e. The number of hydrogen-bond acceptors (Lipinski definition) is 6. The Morgan fingerprint density at radius 2 is 0.355 bits per heavy atom. The molecule has 0 heterocycles. The van der Waals surface area contributed by atoms with Crippen LogP contribution in [0.1, 0.15) is 412 Å². The van der Waals surface area contributed by atoms with E-state index in [-0.39, 0.29) is 31.1 Å². The molecule has 0 aromatic rings. The van der Waals surface area contributed by atoms with Crippen molar-refractivity contribution in [1.29, 1.82) is 0 Å². The second kappa shape index (κ2) is 65.9. The molecule has 0 rings (SSSR count). The van der Waals surface area contributed by atoms with Crippen molar-refractivity contribution in [3.05, 3.63) is 0 Å². The van der Waals surface area contributed by atoms with Crippen LogP contribution in [-0.2, 0) is 28.6 Å². The molecule has 0 bridgehead atoms. The van der Waals surface area contributed by atoms with Gasteiger partial charge in [-0.05, 0) is 19.3 Å². The zero-order chi connectivity index (χ0) is 55.0. The number of carbonyl (C=O) groups excluding carboxylic acids is 3. The van der Waals surface area contributed by atoms with Crippen molar-refractivity contribution in [1.82, 2.24) is 0 Å². The summed E-state index contributed by atoms with van der Waals surface area (Å²) in [5.41, 5.74) is 0. The van der Waals surface area contributed by atoms with E-state index < -0.39 is 6.10 Å². The second-order valence-corrected chi connectivity index (χ2v) is 24.2. The largest absolute Gasteiger partial charge is 0.462 e. The molecular weight excluding hydrogens is 937 g/mol. The molecule has 0 spiro atoms. The van der Waals surface area contributed by atoms with E-state index in [9.17, 15) is 14.4 Å². The molecule has 452 valence electrons. The van der Waals surface area contributed by atoms with Crippen LogP contribution < -0.4 is 0 Å². The van der Waals surface area contributed by atoms with E-state index >= 15 is 0 Å². The Morgan fingerprint density at radius 3 is 0.526 bits per heavy atom. The summed E-state index contributed by atoms with van der Waals surface area (Å²) in [5.74, 6) is -0.845. The first-order valence-corrected chi connectivity index (χ1v) is 35.0. The van der Waals surface area contributed by atoms with Gasteiger partial charge in [0, 0.05) is 19.3 Å². The van der Waals surface area contributed by atoms with Gasteiger partial charge in [-0.2, -0.15) is 0 Å². The zero-order valence-electron chi connectivity index (χ0n) is 52.1. The minimum atomic E-state index is -0.760. The highest BCUT2D eigenvalue weighted by molar-refractivity contribution is 5.71. The van der Waals surface area contributed by atoms with Crippen molar-refractivity contribution in [3.63, 3.8) is 0 Å². The summed E-state index contributed by atoms with van der Waals surface area (Å²) in [5, 5.41) is 0. The van der Waals surface area contributed by atoms with Crippen LogP contribution in [0.25, 0.3) is 0 Å². The molecule has 0 aliphatic rings. The summed E-state index contributed by atoms with van der Waals surface area (Å²) in [7, 11) is 0. The van der Waals surface area contributed by atoms with E-state index in [0.29, 0.717) is 19.3 Å². The van der Waals surface area contributed by atoms with Gasteiger partial charge in [-0.3, -0.25) is 14.4 Å². The minimum absolute atomic E-state index is 0.0623. The van der Waals surface area contributed by atoms with Crippen molar-refractivity contribution in [2.75, 3.05) is 13.2 Å². The third-order valence-electron chi connectivity index (χ3n) is 16.4. The Labute approximate surface area is 476 Å². The Balaban J connectivity index is 3.83. The third kappa shape index (κ3) is 63.2. The zero-order valence-corrected chi connectivity index (χ0v) is 52.1. The third-order valence-corrected chi connectivity index (χ3v) is 16.4. The Hall–Kier alpha value is -1.59. The molecule has 0 N–H and O–H groups in total. The molecule has 6 nitrogen and oxygen atoms in total. The lowest BCUT2D eigenvalue weighted by atomic mass is 10.0. The molecule has 0 amide bonds. The van der Waals surface area contributed by atoms with Crippen LogP contribution >= 0.6 is 0 Å². The van der Waals surface area contributed by atoms with Gasteiger partial charge in [-0.15, -0.1) is 0 Å². The fourth-order valence-electron chi connectivity index (χ4n) is 11.1. The molecule has 1 unspecified atom stereocenters. The molecule has 0 aliphatic carbocycles. The highest BCUT2D eigenvalue weighted by Gasteiger charge is 2.19. The lowest BCUT2D eigenvalue weighted by Crippen LogP contribution is -2.30. The second-order valence-electron chi connectivity index (χ2n) is 24.2. The van der Waals surface area contributed by atoms with Gasteiger partial charge in [0.05, 0.1) is 0 Å². The average Bonchev–Trinajstić information content (AvgIpc) is 3.42. The summed E-state index contributed by atoms with van der Waals surface area (Å²) in [6.45, 7) is 6.64. The molecule has 6 heteroatoms. The van der Waals surface area contributed by atoms with E-state index in [1.807, 2.05) is 0 Å². The first-order chi connectivity index (χ1) is 37.5. The number of rotatable bonds is 66. The average molecular weight is 1070 g/mol. The molecule has 1 atom stereocenters. The maximum atomic E-state index is 12.8. The summed E-state index contributed by atoms with van der Waals surface area (Å²) in [4.78, 5) is 37.9. The van der Waals surface area contributed by atoms with Gasteiger partial charge in [0.25, 0.3) is 0 Å². The maximum absolute atomic E-state index is 12.8. The molecule has 0 aromatic heterocycles. The SMILES string of the molecule is CCCCCCCCCCCCCCCCCCCCCCCCCCCCCCCCCCCCC(=O)OCC(COC(=O)CCCCCCC)OC(=O)CCCCCCCCCCCCCCCCCCCCC. The normalized spacial score (nSPS) is 11.9. The van der Waals surface area contributed by atoms with Crippen molar-refractivity contribution in [2.24, 2.45) is 0 Å². The van der Waals surface area contributed by atoms with E-state index in [4.69, 9.17) is 14.2 Å². The molecule has 0 saturated heterocycles.